The third kappa shape index (κ3) is 3.00. The zero-order chi connectivity index (χ0) is 16.4. The van der Waals surface area contributed by atoms with Gasteiger partial charge < -0.3 is 10.6 Å². The third-order valence-electron chi connectivity index (χ3n) is 4.26. The maximum Gasteiger partial charge on any atom is 0.130 e. The molecule has 0 aliphatic carbocycles. The smallest absolute Gasteiger partial charge is 0.130 e. The van der Waals surface area contributed by atoms with Crippen LogP contribution in [0.2, 0.25) is 5.02 Å². The molecule has 0 amide bonds. The van der Waals surface area contributed by atoms with Crippen molar-refractivity contribution in [1.82, 2.24) is 20.5 Å². The fraction of sp³-hybridized carbons (Fsp3) is 0.222. The van der Waals surface area contributed by atoms with E-state index in [2.05, 4.69) is 25.8 Å². The molecule has 122 valence electrons. The molecule has 0 saturated carbocycles. The first-order valence-electron chi connectivity index (χ1n) is 8.03. The van der Waals surface area contributed by atoms with Gasteiger partial charge in [0.15, 0.2) is 0 Å². The molecule has 2 aromatic heterocycles. The standard InChI is InChI=1S/C18H18ClN5/c19-14-3-1-13(2-4-14)17-16(12-5-8-20-9-6-12)18(24-23-17)22-15-7-10-21-11-15/h1-6,8-9,15,21H,7,10-11H2,(H2,22,23,24). The summed E-state index contributed by atoms with van der Waals surface area (Å²) >= 11 is 6.02. The van der Waals surface area contributed by atoms with Crippen LogP contribution in [0.1, 0.15) is 6.42 Å². The van der Waals surface area contributed by atoms with Gasteiger partial charge in [0.1, 0.15) is 11.5 Å². The highest BCUT2D eigenvalue weighted by atomic mass is 35.5. The van der Waals surface area contributed by atoms with Gasteiger partial charge in [0.25, 0.3) is 0 Å². The fourth-order valence-electron chi connectivity index (χ4n) is 3.04. The Morgan fingerprint density at radius 3 is 2.54 bits per heavy atom. The number of aromatic amines is 1. The lowest BCUT2D eigenvalue weighted by Crippen LogP contribution is -2.22. The summed E-state index contributed by atoms with van der Waals surface area (Å²) in [5.41, 5.74) is 4.08. The Kier molecular flexibility index (Phi) is 4.19. The van der Waals surface area contributed by atoms with E-state index < -0.39 is 0 Å². The van der Waals surface area contributed by atoms with Crippen molar-refractivity contribution >= 4 is 17.4 Å². The van der Waals surface area contributed by atoms with E-state index in [0.29, 0.717) is 6.04 Å². The first-order chi connectivity index (χ1) is 11.8. The maximum atomic E-state index is 6.02. The molecule has 24 heavy (non-hydrogen) atoms. The second-order valence-electron chi connectivity index (χ2n) is 5.90. The van der Waals surface area contributed by atoms with Gasteiger partial charge in [0.2, 0.25) is 0 Å². The second kappa shape index (κ2) is 6.63. The molecular formula is C18H18ClN5. The predicted octanol–water partition coefficient (Wildman–Crippen LogP) is 3.57. The number of anilines is 1. The van der Waals surface area contributed by atoms with Gasteiger partial charge in [-0.05, 0) is 42.8 Å². The van der Waals surface area contributed by atoms with Gasteiger partial charge in [-0.2, -0.15) is 5.10 Å². The Morgan fingerprint density at radius 1 is 1.04 bits per heavy atom. The van der Waals surface area contributed by atoms with Gasteiger partial charge in [0, 0.05) is 35.6 Å². The van der Waals surface area contributed by atoms with Crippen molar-refractivity contribution in [3.63, 3.8) is 0 Å². The average molecular weight is 340 g/mol. The third-order valence-corrected chi connectivity index (χ3v) is 4.51. The lowest BCUT2D eigenvalue weighted by molar-refractivity contribution is 0.787. The van der Waals surface area contributed by atoms with E-state index in [4.69, 9.17) is 11.6 Å². The summed E-state index contributed by atoms with van der Waals surface area (Å²) < 4.78 is 0. The molecule has 4 rings (SSSR count). The lowest BCUT2D eigenvalue weighted by atomic mass is 10.0. The van der Waals surface area contributed by atoms with Crippen LogP contribution >= 0.6 is 11.6 Å². The quantitative estimate of drug-likeness (QED) is 0.680. The van der Waals surface area contributed by atoms with Gasteiger partial charge in [-0.1, -0.05) is 23.7 Å². The first kappa shape index (κ1) is 15.2. The zero-order valence-electron chi connectivity index (χ0n) is 13.1. The molecular weight excluding hydrogens is 322 g/mol. The highest BCUT2D eigenvalue weighted by Crippen LogP contribution is 2.36. The molecule has 1 unspecified atom stereocenters. The number of benzene rings is 1. The van der Waals surface area contributed by atoms with Gasteiger partial charge in [-0.3, -0.25) is 10.1 Å². The van der Waals surface area contributed by atoms with Gasteiger partial charge in [0.05, 0.1) is 5.56 Å². The van der Waals surface area contributed by atoms with Crippen LogP contribution in [0.15, 0.2) is 48.8 Å². The van der Waals surface area contributed by atoms with E-state index in [9.17, 15) is 0 Å². The topological polar surface area (TPSA) is 65.6 Å². The molecule has 3 aromatic rings. The van der Waals surface area contributed by atoms with Gasteiger partial charge in [-0.25, -0.2) is 0 Å². The molecule has 1 aliphatic heterocycles. The molecule has 1 fully saturated rings. The van der Waals surface area contributed by atoms with Crippen LogP contribution < -0.4 is 10.6 Å². The van der Waals surface area contributed by atoms with Crippen LogP contribution in [0.25, 0.3) is 22.4 Å². The van der Waals surface area contributed by atoms with Crippen LogP contribution in [0.5, 0.6) is 0 Å². The highest BCUT2D eigenvalue weighted by Gasteiger charge is 2.21. The van der Waals surface area contributed by atoms with E-state index in [1.807, 2.05) is 36.4 Å². The molecule has 5 nitrogen and oxygen atoms in total. The summed E-state index contributed by atoms with van der Waals surface area (Å²) in [5, 5.41) is 15.4. The number of H-pyrrole nitrogens is 1. The average Bonchev–Trinajstić information content (AvgIpc) is 3.27. The van der Waals surface area contributed by atoms with E-state index in [1.54, 1.807) is 12.4 Å². The minimum Gasteiger partial charge on any atom is -0.366 e. The molecule has 0 spiro atoms. The van der Waals surface area contributed by atoms with Crippen molar-refractivity contribution in [3.05, 3.63) is 53.8 Å². The van der Waals surface area contributed by atoms with E-state index in [1.165, 1.54) is 0 Å². The molecule has 1 aromatic carbocycles. The molecule has 3 N–H and O–H groups in total. The number of rotatable bonds is 4. The first-order valence-corrected chi connectivity index (χ1v) is 8.41. The van der Waals surface area contributed by atoms with Crippen LogP contribution in [0.4, 0.5) is 5.82 Å². The normalized spacial score (nSPS) is 17.1. The minimum absolute atomic E-state index is 0.407. The summed E-state index contributed by atoms with van der Waals surface area (Å²) in [4.78, 5) is 4.12. The lowest BCUT2D eigenvalue weighted by Gasteiger charge is -2.13. The number of hydrogen-bond donors (Lipinski definition) is 3. The Hall–Kier alpha value is -2.37. The van der Waals surface area contributed by atoms with Crippen molar-refractivity contribution in [1.29, 1.82) is 0 Å². The van der Waals surface area contributed by atoms with E-state index in [0.717, 1.165) is 52.7 Å². The SMILES string of the molecule is Clc1ccc(-c2n[nH]c(NC3CCNC3)c2-c2ccncc2)cc1. The molecule has 1 aliphatic rings. The van der Waals surface area contributed by atoms with Crippen molar-refractivity contribution in [3.8, 4) is 22.4 Å². The molecule has 1 saturated heterocycles. The van der Waals surface area contributed by atoms with E-state index in [-0.39, 0.29) is 0 Å². The number of halogens is 1. The summed E-state index contributed by atoms with van der Waals surface area (Å²) in [5.74, 6) is 0.944. The number of aromatic nitrogens is 3. The largest absolute Gasteiger partial charge is 0.366 e. The monoisotopic (exact) mass is 339 g/mol. The summed E-state index contributed by atoms with van der Waals surface area (Å²) in [6.45, 7) is 2.01. The van der Waals surface area contributed by atoms with Crippen molar-refractivity contribution < 1.29 is 0 Å². The van der Waals surface area contributed by atoms with Crippen molar-refractivity contribution in [2.45, 2.75) is 12.5 Å². The highest BCUT2D eigenvalue weighted by molar-refractivity contribution is 6.30. The number of hydrogen-bond acceptors (Lipinski definition) is 4. The minimum atomic E-state index is 0.407. The Balaban J connectivity index is 1.78. The summed E-state index contributed by atoms with van der Waals surface area (Å²) in [6.07, 6.45) is 4.70. The Labute approximate surface area is 145 Å². The molecule has 3 heterocycles. The number of nitrogens with one attached hydrogen (secondary N) is 3. The molecule has 0 bridgehead atoms. The van der Waals surface area contributed by atoms with Crippen molar-refractivity contribution in [2.24, 2.45) is 0 Å². The van der Waals surface area contributed by atoms with Gasteiger partial charge in [-0.15, -0.1) is 0 Å². The Bertz CT molecular complexity index is 807. The molecule has 6 heteroatoms. The van der Waals surface area contributed by atoms with Crippen LogP contribution in [-0.2, 0) is 0 Å². The predicted molar refractivity (Wildman–Crippen MR) is 97.2 cm³/mol. The fourth-order valence-corrected chi connectivity index (χ4v) is 3.17. The van der Waals surface area contributed by atoms with Gasteiger partial charge >= 0.3 is 0 Å². The zero-order valence-corrected chi connectivity index (χ0v) is 13.8. The summed E-state index contributed by atoms with van der Waals surface area (Å²) in [7, 11) is 0. The summed E-state index contributed by atoms with van der Waals surface area (Å²) in [6, 6.07) is 12.2. The molecule has 0 radical (unpaired) electrons. The molecule has 1 atom stereocenters. The number of nitrogens with zero attached hydrogens (tertiary/aromatic N) is 2. The second-order valence-corrected chi connectivity index (χ2v) is 6.34. The van der Waals surface area contributed by atoms with E-state index >= 15 is 0 Å². The van der Waals surface area contributed by atoms with Crippen molar-refractivity contribution in [2.75, 3.05) is 18.4 Å². The van der Waals surface area contributed by atoms with Crippen LogP contribution in [0.3, 0.4) is 0 Å². The number of pyridine rings is 1. The van der Waals surface area contributed by atoms with Crippen LogP contribution in [-0.4, -0.2) is 34.3 Å². The maximum absolute atomic E-state index is 6.02. The Morgan fingerprint density at radius 2 is 1.83 bits per heavy atom. The van der Waals surface area contributed by atoms with Crippen LogP contribution in [0, 0.1) is 0 Å².